The molecule has 1 aromatic heterocycles. The van der Waals surface area contributed by atoms with Crippen LogP contribution in [-0.2, 0) is 10.8 Å². The molecule has 2 nitrogen and oxygen atoms in total. The second-order valence-electron chi connectivity index (χ2n) is 21.6. The van der Waals surface area contributed by atoms with Gasteiger partial charge in [0.25, 0.3) is 0 Å². The molecule has 2 heteroatoms. The first-order chi connectivity index (χ1) is 33.9. The molecule has 16 rings (SSSR count). The van der Waals surface area contributed by atoms with Crippen molar-refractivity contribution in [3.63, 3.8) is 0 Å². The maximum atomic E-state index is 6.34. The fourth-order valence-electron chi connectivity index (χ4n) is 15.4. The van der Waals surface area contributed by atoms with E-state index in [1.807, 2.05) is 0 Å². The van der Waals surface area contributed by atoms with Crippen LogP contribution in [0.3, 0.4) is 0 Å². The molecule has 0 aliphatic heterocycles. The molecule has 0 unspecified atom stereocenters. The van der Waals surface area contributed by atoms with Crippen LogP contribution in [0.4, 0.5) is 17.1 Å². The Hall–Kier alpha value is -7.42. The number of para-hydroxylation sites is 1. The minimum atomic E-state index is -0.110. The summed E-state index contributed by atoms with van der Waals surface area (Å²) in [5, 5.41) is 2.32. The zero-order chi connectivity index (χ0) is 45.6. The van der Waals surface area contributed by atoms with Crippen LogP contribution in [0.5, 0.6) is 0 Å². The Morgan fingerprint density at radius 3 is 1.59 bits per heavy atom. The number of anilines is 3. The lowest BCUT2D eigenvalue weighted by Crippen LogP contribution is -2.55. The summed E-state index contributed by atoms with van der Waals surface area (Å²) in [4.78, 5) is 2.52. The molecule has 0 atom stereocenters. The average molecular weight is 888 g/mol. The highest BCUT2D eigenvalue weighted by Gasteiger charge is 2.61. The van der Waals surface area contributed by atoms with Gasteiger partial charge in [-0.05, 0) is 182 Å². The van der Waals surface area contributed by atoms with Gasteiger partial charge in [-0.25, -0.2) is 0 Å². The van der Waals surface area contributed by atoms with Crippen molar-refractivity contribution in [1.29, 1.82) is 0 Å². The van der Waals surface area contributed by atoms with Crippen LogP contribution in [0, 0.1) is 23.7 Å². The summed E-state index contributed by atoms with van der Waals surface area (Å²) in [6, 6.07) is 75.4. The first-order valence-electron chi connectivity index (χ1n) is 25.4. The van der Waals surface area contributed by atoms with Crippen LogP contribution < -0.4 is 4.90 Å². The summed E-state index contributed by atoms with van der Waals surface area (Å²) in [5.74, 6) is 3.19. The molecule has 0 amide bonds. The van der Waals surface area contributed by atoms with Crippen molar-refractivity contribution in [3.8, 4) is 55.6 Å². The summed E-state index contributed by atoms with van der Waals surface area (Å²) in [6.45, 7) is 4.78. The Balaban J connectivity index is 0.872. The van der Waals surface area contributed by atoms with Gasteiger partial charge in [0.05, 0.1) is 0 Å². The molecule has 0 N–H and O–H groups in total. The first-order valence-corrected chi connectivity index (χ1v) is 25.4. The van der Waals surface area contributed by atoms with Crippen molar-refractivity contribution in [2.75, 3.05) is 4.90 Å². The molecule has 1 heterocycles. The van der Waals surface area contributed by atoms with Gasteiger partial charge in [0.15, 0.2) is 0 Å². The second kappa shape index (κ2) is 14.5. The summed E-state index contributed by atoms with van der Waals surface area (Å²) in [7, 11) is 0. The molecule has 9 aromatic carbocycles. The molecule has 4 bridgehead atoms. The van der Waals surface area contributed by atoms with Crippen LogP contribution in [0.25, 0.3) is 77.6 Å². The van der Waals surface area contributed by atoms with Gasteiger partial charge >= 0.3 is 0 Å². The van der Waals surface area contributed by atoms with E-state index >= 15 is 0 Å². The number of hydrogen-bond acceptors (Lipinski definition) is 2. The molecule has 1 spiro atoms. The van der Waals surface area contributed by atoms with E-state index in [0.717, 1.165) is 39.8 Å². The van der Waals surface area contributed by atoms with Crippen molar-refractivity contribution in [2.45, 2.75) is 56.8 Å². The lowest BCUT2D eigenvalue weighted by Gasteiger charge is -2.61. The van der Waals surface area contributed by atoms with E-state index in [2.05, 4.69) is 219 Å². The predicted molar refractivity (Wildman–Crippen MR) is 286 cm³/mol. The zero-order valence-electron chi connectivity index (χ0n) is 39.3. The van der Waals surface area contributed by atoms with Gasteiger partial charge in [-0.3, -0.25) is 0 Å². The topological polar surface area (TPSA) is 16.4 Å². The van der Waals surface area contributed by atoms with E-state index in [9.17, 15) is 0 Å². The lowest BCUT2D eigenvalue weighted by molar-refractivity contribution is -0.0399. The highest BCUT2D eigenvalue weighted by molar-refractivity contribution is 6.12. The van der Waals surface area contributed by atoms with Gasteiger partial charge in [-0.15, -0.1) is 0 Å². The fraction of sp³-hybridized carbons (Fsp3) is 0.194. The van der Waals surface area contributed by atoms with Crippen LogP contribution in [0.15, 0.2) is 205 Å². The minimum Gasteiger partial charge on any atom is -0.456 e. The maximum absolute atomic E-state index is 6.34. The number of hydrogen-bond donors (Lipinski definition) is 0. The summed E-state index contributed by atoms with van der Waals surface area (Å²) in [6.07, 6.45) is 6.93. The van der Waals surface area contributed by atoms with Crippen molar-refractivity contribution in [1.82, 2.24) is 0 Å². The number of benzene rings is 9. The quantitative estimate of drug-likeness (QED) is 0.165. The van der Waals surface area contributed by atoms with Gasteiger partial charge in [0.1, 0.15) is 11.2 Å². The van der Waals surface area contributed by atoms with Crippen molar-refractivity contribution < 1.29 is 4.42 Å². The fourth-order valence-corrected chi connectivity index (χ4v) is 15.4. The van der Waals surface area contributed by atoms with Gasteiger partial charge in [-0.2, -0.15) is 0 Å². The number of rotatable bonds is 6. The predicted octanol–water partition coefficient (Wildman–Crippen LogP) is 18.1. The van der Waals surface area contributed by atoms with Crippen molar-refractivity contribution >= 4 is 39.0 Å². The molecule has 4 saturated carbocycles. The summed E-state index contributed by atoms with van der Waals surface area (Å²) in [5.41, 5.74) is 24.4. The van der Waals surface area contributed by atoms with Crippen molar-refractivity contribution in [2.24, 2.45) is 23.7 Å². The normalized spacial score (nSPS) is 21.9. The lowest BCUT2D eigenvalue weighted by atomic mass is 9.43. The molecule has 10 aromatic rings. The Morgan fingerprint density at radius 1 is 0.391 bits per heavy atom. The SMILES string of the molecule is CC1(C)c2ccccc2-c2cccc(-c3ccccc3-c3ccc(N(c4ccc(-c5cccc6oc7ccccc7c56)cc4)c4ccc5c(c4)C4(c6ccccc6-5)C5CC6CC(C5)CC4C6)cc3)c21. The standard InChI is InChI=1S/C67H53NO/c1-66(2)59-21-8-5-16-54(59)57-20-11-19-56(65(57)66)52-14-4-3-13-50(52)43-25-29-47(30-26-43)68(48-31-27-44(28-32-48)51-18-12-24-63-64(51)58-17-7-10-23-62(58)69-63)49-33-34-55-53-15-6-9-22-60(53)67(61(55)40-49)45-36-41-35-42(38-45)39-46(67)37-41/h3-34,40-42,45-46H,35-39H2,1-2H3. The van der Waals surface area contributed by atoms with E-state index < -0.39 is 0 Å². The van der Waals surface area contributed by atoms with Gasteiger partial charge < -0.3 is 9.32 Å². The van der Waals surface area contributed by atoms with E-state index in [1.54, 1.807) is 11.1 Å². The molecule has 4 fully saturated rings. The Kier molecular flexibility index (Phi) is 8.34. The molecular weight excluding hydrogens is 835 g/mol. The minimum absolute atomic E-state index is 0.0814. The molecule has 0 radical (unpaired) electrons. The maximum Gasteiger partial charge on any atom is 0.136 e. The molecule has 0 saturated heterocycles. The Bertz CT molecular complexity index is 3690. The van der Waals surface area contributed by atoms with Gasteiger partial charge in [-0.1, -0.05) is 166 Å². The van der Waals surface area contributed by atoms with E-state index in [4.69, 9.17) is 4.42 Å². The monoisotopic (exact) mass is 887 g/mol. The van der Waals surface area contributed by atoms with Gasteiger partial charge in [0, 0.05) is 38.7 Å². The van der Waals surface area contributed by atoms with Crippen LogP contribution in [-0.4, -0.2) is 0 Å². The Morgan fingerprint density at radius 2 is 0.884 bits per heavy atom. The van der Waals surface area contributed by atoms with E-state index in [0.29, 0.717) is 11.8 Å². The molecule has 69 heavy (non-hydrogen) atoms. The summed E-state index contributed by atoms with van der Waals surface area (Å²) >= 11 is 0. The number of furan rings is 1. The third kappa shape index (κ3) is 5.55. The van der Waals surface area contributed by atoms with Crippen molar-refractivity contribution in [3.05, 3.63) is 222 Å². The summed E-state index contributed by atoms with van der Waals surface area (Å²) < 4.78 is 6.34. The molecule has 332 valence electrons. The third-order valence-electron chi connectivity index (χ3n) is 17.9. The zero-order valence-corrected chi connectivity index (χ0v) is 39.3. The second-order valence-corrected chi connectivity index (χ2v) is 21.6. The molecule has 6 aliphatic rings. The van der Waals surface area contributed by atoms with Gasteiger partial charge in [0.2, 0.25) is 0 Å². The smallest absolute Gasteiger partial charge is 0.136 e. The Labute approximate surface area is 404 Å². The highest BCUT2D eigenvalue weighted by atomic mass is 16.3. The van der Waals surface area contributed by atoms with E-state index in [1.165, 1.54) is 110 Å². The van der Waals surface area contributed by atoms with E-state index in [-0.39, 0.29) is 10.8 Å². The molecule has 6 aliphatic carbocycles. The van der Waals surface area contributed by atoms with Crippen LogP contribution >= 0.6 is 0 Å². The first kappa shape index (κ1) is 39.6. The number of nitrogens with zero attached hydrogens (tertiary/aromatic N) is 1. The van der Waals surface area contributed by atoms with Crippen LogP contribution in [0.2, 0.25) is 0 Å². The van der Waals surface area contributed by atoms with Crippen LogP contribution in [0.1, 0.15) is 68.2 Å². The average Bonchev–Trinajstić information content (AvgIpc) is 4.00. The number of fused-ring (bicyclic) bond motifs is 9. The third-order valence-corrected chi connectivity index (χ3v) is 17.9. The largest absolute Gasteiger partial charge is 0.456 e. The highest BCUT2D eigenvalue weighted by Crippen LogP contribution is 2.69. The molecular formula is C67H53NO.